The Morgan fingerprint density at radius 1 is 0.750 bits per heavy atom. The van der Waals surface area contributed by atoms with Gasteiger partial charge in [-0.3, -0.25) is 0 Å². The topological polar surface area (TPSA) is 51.6 Å². The van der Waals surface area contributed by atoms with Gasteiger partial charge in [0.25, 0.3) is 0 Å². The van der Waals surface area contributed by atoms with Gasteiger partial charge in [0, 0.05) is 10.0 Å². The van der Waals surface area contributed by atoms with Crippen LogP contribution in [0.15, 0.2) is 53.0 Å². The molecule has 20 heavy (non-hydrogen) atoms. The summed E-state index contributed by atoms with van der Waals surface area (Å²) < 4.78 is 0.807. The van der Waals surface area contributed by atoms with Crippen molar-refractivity contribution in [3.63, 3.8) is 0 Å². The molecule has 0 fully saturated rings. The summed E-state index contributed by atoms with van der Waals surface area (Å²) in [5.41, 5.74) is 1.56. The van der Waals surface area contributed by atoms with Crippen molar-refractivity contribution in [3.05, 3.63) is 58.0 Å². The van der Waals surface area contributed by atoms with E-state index in [-0.39, 0.29) is 0 Å². The molecule has 3 rings (SSSR count). The number of hydrogen-bond acceptors (Lipinski definition) is 4. The highest BCUT2D eigenvalue weighted by molar-refractivity contribution is 9.10. The summed E-state index contributed by atoms with van der Waals surface area (Å²) in [4.78, 5) is 0. The summed E-state index contributed by atoms with van der Waals surface area (Å²) in [5, 5.41) is 17.0. The second kappa shape index (κ2) is 5.64. The molecular formula is C14H8BrClN4. The molecule has 0 aliphatic rings. The standard InChI is InChI=1S/C14H8BrClN4/c15-10-7-4-8-11(16)12(10)14-19-17-13(18-20-14)9-5-2-1-3-6-9/h1-8H. The van der Waals surface area contributed by atoms with Crippen LogP contribution in [0, 0.1) is 0 Å². The predicted octanol–water partition coefficient (Wildman–Crippen LogP) is 4.02. The van der Waals surface area contributed by atoms with E-state index in [2.05, 4.69) is 36.3 Å². The van der Waals surface area contributed by atoms with E-state index in [1.54, 1.807) is 6.07 Å². The molecule has 6 heteroatoms. The van der Waals surface area contributed by atoms with Crippen LogP contribution in [0.1, 0.15) is 0 Å². The molecule has 0 saturated carbocycles. The zero-order chi connectivity index (χ0) is 13.9. The normalized spacial score (nSPS) is 10.5. The maximum Gasteiger partial charge on any atom is 0.206 e. The first-order valence-electron chi connectivity index (χ1n) is 5.83. The molecule has 0 N–H and O–H groups in total. The number of benzene rings is 2. The van der Waals surface area contributed by atoms with Gasteiger partial charge in [-0.2, -0.15) is 0 Å². The van der Waals surface area contributed by atoms with Gasteiger partial charge in [-0.05, 0) is 28.1 Å². The van der Waals surface area contributed by atoms with E-state index in [0.29, 0.717) is 22.2 Å². The second-order valence-corrected chi connectivity index (χ2v) is 5.27. The molecule has 0 bridgehead atoms. The first-order chi connectivity index (χ1) is 9.75. The minimum absolute atomic E-state index is 0.391. The van der Waals surface area contributed by atoms with E-state index < -0.39 is 0 Å². The van der Waals surface area contributed by atoms with Crippen LogP contribution in [-0.2, 0) is 0 Å². The summed E-state index contributed by atoms with van der Waals surface area (Å²) >= 11 is 9.58. The molecule has 1 heterocycles. The van der Waals surface area contributed by atoms with Gasteiger partial charge in [0.15, 0.2) is 0 Å². The van der Waals surface area contributed by atoms with E-state index in [1.807, 2.05) is 42.5 Å². The minimum atomic E-state index is 0.391. The molecule has 4 nitrogen and oxygen atoms in total. The number of aromatic nitrogens is 4. The number of nitrogens with zero attached hydrogens (tertiary/aromatic N) is 4. The summed E-state index contributed by atoms with van der Waals surface area (Å²) in [5.74, 6) is 0.875. The lowest BCUT2D eigenvalue weighted by Gasteiger charge is -2.04. The Hall–Kier alpha value is -1.85. The van der Waals surface area contributed by atoms with Crippen LogP contribution in [0.3, 0.4) is 0 Å². The molecular weight excluding hydrogens is 340 g/mol. The van der Waals surface area contributed by atoms with Crippen LogP contribution in [0.25, 0.3) is 22.8 Å². The highest BCUT2D eigenvalue weighted by Crippen LogP contribution is 2.32. The summed E-state index contributed by atoms with van der Waals surface area (Å²) in [6.45, 7) is 0. The number of rotatable bonds is 2. The molecule has 0 radical (unpaired) electrons. The Bertz CT molecular complexity index is 712. The minimum Gasteiger partial charge on any atom is -0.126 e. The largest absolute Gasteiger partial charge is 0.206 e. The van der Waals surface area contributed by atoms with E-state index >= 15 is 0 Å². The smallest absolute Gasteiger partial charge is 0.126 e. The van der Waals surface area contributed by atoms with Crippen molar-refractivity contribution in [2.75, 3.05) is 0 Å². The molecule has 0 aliphatic heterocycles. The van der Waals surface area contributed by atoms with Crippen molar-refractivity contribution >= 4 is 27.5 Å². The fourth-order valence-electron chi connectivity index (χ4n) is 1.74. The van der Waals surface area contributed by atoms with E-state index in [0.717, 1.165) is 10.0 Å². The van der Waals surface area contributed by atoms with Gasteiger partial charge in [0.1, 0.15) is 0 Å². The van der Waals surface area contributed by atoms with Gasteiger partial charge in [-0.15, -0.1) is 20.4 Å². The van der Waals surface area contributed by atoms with Gasteiger partial charge in [0.05, 0.1) is 10.6 Å². The molecule has 0 saturated heterocycles. The van der Waals surface area contributed by atoms with Crippen molar-refractivity contribution in [1.29, 1.82) is 0 Å². The Morgan fingerprint density at radius 2 is 1.40 bits per heavy atom. The molecule has 0 amide bonds. The van der Waals surface area contributed by atoms with Gasteiger partial charge < -0.3 is 0 Å². The van der Waals surface area contributed by atoms with Crippen LogP contribution >= 0.6 is 27.5 Å². The van der Waals surface area contributed by atoms with Crippen molar-refractivity contribution in [1.82, 2.24) is 20.4 Å². The maximum absolute atomic E-state index is 6.16. The Morgan fingerprint density at radius 3 is 2.05 bits per heavy atom. The first-order valence-corrected chi connectivity index (χ1v) is 7.00. The summed E-state index contributed by atoms with van der Waals surface area (Å²) in [6.07, 6.45) is 0. The lowest BCUT2D eigenvalue weighted by atomic mass is 10.2. The molecule has 0 aliphatic carbocycles. The molecule has 1 aromatic heterocycles. The Balaban J connectivity index is 2.02. The van der Waals surface area contributed by atoms with Gasteiger partial charge in [-0.1, -0.05) is 48.0 Å². The molecule has 3 aromatic rings. The van der Waals surface area contributed by atoms with Crippen molar-refractivity contribution < 1.29 is 0 Å². The third kappa shape index (κ3) is 2.55. The third-order valence-electron chi connectivity index (χ3n) is 2.70. The Kier molecular flexibility index (Phi) is 3.71. The SMILES string of the molecule is Clc1cccc(Br)c1-c1nnc(-c2ccccc2)nn1. The highest BCUT2D eigenvalue weighted by atomic mass is 79.9. The van der Waals surface area contributed by atoms with Gasteiger partial charge in [0.2, 0.25) is 11.6 Å². The highest BCUT2D eigenvalue weighted by Gasteiger charge is 2.12. The van der Waals surface area contributed by atoms with E-state index in [9.17, 15) is 0 Å². The number of hydrogen-bond donors (Lipinski definition) is 0. The third-order valence-corrected chi connectivity index (χ3v) is 3.67. The average Bonchev–Trinajstić information content (AvgIpc) is 2.49. The van der Waals surface area contributed by atoms with Gasteiger partial charge >= 0.3 is 0 Å². The van der Waals surface area contributed by atoms with Crippen LogP contribution in [0.4, 0.5) is 0 Å². The van der Waals surface area contributed by atoms with Crippen LogP contribution in [0.2, 0.25) is 5.02 Å². The van der Waals surface area contributed by atoms with Crippen molar-refractivity contribution in [2.24, 2.45) is 0 Å². The molecule has 0 spiro atoms. The van der Waals surface area contributed by atoms with Crippen molar-refractivity contribution in [3.8, 4) is 22.8 Å². The van der Waals surface area contributed by atoms with Gasteiger partial charge in [-0.25, -0.2) is 0 Å². The lowest BCUT2D eigenvalue weighted by molar-refractivity contribution is 0.876. The monoisotopic (exact) mass is 346 g/mol. The molecule has 2 aromatic carbocycles. The Labute approximate surface area is 129 Å². The molecule has 98 valence electrons. The zero-order valence-electron chi connectivity index (χ0n) is 10.2. The quantitative estimate of drug-likeness (QED) is 0.702. The molecule has 0 unspecified atom stereocenters. The van der Waals surface area contributed by atoms with Crippen molar-refractivity contribution in [2.45, 2.75) is 0 Å². The average molecular weight is 348 g/mol. The van der Waals surface area contributed by atoms with Crippen LogP contribution in [-0.4, -0.2) is 20.4 Å². The van der Waals surface area contributed by atoms with E-state index in [1.165, 1.54) is 0 Å². The van der Waals surface area contributed by atoms with Crippen LogP contribution in [0.5, 0.6) is 0 Å². The summed E-state index contributed by atoms with van der Waals surface area (Å²) in [7, 11) is 0. The number of halogens is 2. The second-order valence-electron chi connectivity index (χ2n) is 4.01. The zero-order valence-corrected chi connectivity index (χ0v) is 12.5. The predicted molar refractivity (Wildman–Crippen MR) is 81.2 cm³/mol. The maximum atomic E-state index is 6.16. The fourth-order valence-corrected chi connectivity index (χ4v) is 2.66. The van der Waals surface area contributed by atoms with E-state index in [4.69, 9.17) is 11.6 Å². The lowest BCUT2D eigenvalue weighted by Crippen LogP contribution is -2.00. The summed E-state index contributed by atoms with van der Waals surface area (Å²) in [6, 6.07) is 15.1. The molecule has 0 atom stereocenters. The van der Waals surface area contributed by atoms with Crippen LogP contribution < -0.4 is 0 Å². The fraction of sp³-hybridized carbons (Fsp3) is 0. The first kappa shape index (κ1) is 13.1.